The van der Waals surface area contributed by atoms with Crippen LogP contribution in [0.5, 0.6) is 0 Å². The van der Waals surface area contributed by atoms with Gasteiger partial charge < -0.3 is 4.90 Å². The van der Waals surface area contributed by atoms with Crippen LogP contribution in [0, 0.1) is 5.92 Å². The molecule has 0 spiro atoms. The molecule has 1 saturated carbocycles. The lowest BCUT2D eigenvalue weighted by Crippen LogP contribution is -2.51. The number of hydrogen-bond donors (Lipinski definition) is 0. The van der Waals surface area contributed by atoms with Gasteiger partial charge >= 0.3 is 0 Å². The van der Waals surface area contributed by atoms with Crippen molar-refractivity contribution in [2.24, 2.45) is 5.92 Å². The zero-order valence-corrected chi connectivity index (χ0v) is 12.9. The van der Waals surface area contributed by atoms with Gasteiger partial charge in [-0.25, -0.2) is 0 Å². The van der Waals surface area contributed by atoms with Crippen LogP contribution in [0.2, 0.25) is 0 Å². The van der Waals surface area contributed by atoms with Crippen LogP contribution in [-0.4, -0.2) is 47.9 Å². The van der Waals surface area contributed by atoms with Gasteiger partial charge in [-0.15, -0.1) is 0 Å². The monoisotopic (exact) mass is 266 g/mol. The molecule has 0 aromatic heterocycles. The van der Waals surface area contributed by atoms with E-state index in [4.69, 9.17) is 0 Å². The molecule has 0 aromatic rings. The number of hydrogen-bond acceptors (Lipinski definition) is 2. The van der Waals surface area contributed by atoms with Crippen molar-refractivity contribution in [1.29, 1.82) is 0 Å². The van der Waals surface area contributed by atoms with Crippen LogP contribution < -0.4 is 0 Å². The lowest BCUT2D eigenvalue weighted by atomic mass is 9.94. The minimum atomic E-state index is 0.0645. The molecule has 2 fully saturated rings. The first kappa shape index (κ1) is 14.8. The Hall–Kier alpha value is -0.570. The summed E-state index contributed by atoms with van der Waals surface area (Å²) in [5, 5.41) is 0. The largest absolute Gasteiger partial charge is 0.341 e. The minimum absolute atomic E-state index is 0.0645. The third-order valence-corrected chi connectivity index (χ3v) is 5.06. The standard InChI is InChI=1S/C16H30N2O/c1-13-8-7-11-18(12-13)14(2)16(19)17(3)15-9-5-4-6-10-15/h13-15H,4-12H2,1-3H3. The van der Waals surface area contributed by atoms with Crippen molar-refractivity contribution in [3.63, 3.8) is 0 Å². The predicted octanol–water partition coefficient (Wildman–Crippen LogP) is 2.90. The summed E-state index contributed by atoms with van der Waals surface area (Å²) >= 11 is 0. The van der Waals surface area contributed by atoms with Gasteiger partial charge in [0, 0.05) is 19.6 Å². The summed E-state index contributed by atoms with van der Waals surface area (Å²) in [7, 11) is 2.02. The topological polar surface area (TPSA) is 23.6 Å². The molecule has 2 rings (SSSR count). The first-order valence-corrected chi connectivity index (χ1v) is 8.10. The molecule has 0 N–H and O–H groups in total. The third kappa shape index (κ3) is 3.71. The Balaban J connectivity index is 1.89. The van der Waals surface area contributed by atoms with Gasteiger partial charge in [-0.3, -0.25) is 9.69 Å². The SMILES string of the molecule is CC1CCCN(C(C)C(=O)N(C)C2CCCCC2)C1. The van der Waals surface area contributed by atoms with E-state index in [1.54, 1.807) is 0 Å². The minimum Gasteiger partial charge on any atom is -0.341 e. The van der Waals surface area contributed by atoms with E-state index in [1.165, 1.54) is 44.9 Å². The molecule has 2 aliphatic rings. The van der Waals surface area contributed by atoms with Crippen LogP contribution in [0.3, 0.4) is 0 Å². The van der Waals surface area contributed by atoms with Crippen molar-refractivity contribution in [3.8, 4) is 0 Å². The maximum absolute atomic E-state index is 12.6. The van der Waals surface area contributed by atoms with Crippen LogP contribution in [0.15, 0.2) is 0 Å². The molecule has 110 valence electrons. The Kier molecular flexibility index (Phi) is 5.26. The van der Waals surface area contributed by atoms with Gasteiger partial charge in [0.15, 0.2) is 0 Å². The van der Waals surface area contributed by atoms with E-state index in [-0.39, 0.29) is 6.04 Å². The number of likely N-dealkylation sites (tertiary alicyclic amines) is 1. The summed E-state index contributed by atoms with van der Waals surface area (Å²) < 4.78 is 0. The van der Waals surface area contributed by atoms with E-state index in [2.05, 4.69) is 18.7 Å². The van der Waals surface area contributed by atoms with E-state index in [0.717, 1.165) is 19.0 Å². The maximum Gasteiger partial charge on any atom is 0.239 e. The zero-order chi connectivity index (χ0) is 13.8. The van der Waals surface area contributed by atoms with Gasteiger partial charge in [-0.05, 0) is 45.1 Å². The van der Waals surface area contributed by atoms with Crippen LogP contribution in [-0.2, 0) is 4.79 Å². The summed E-state index contributed by atoms with van der Waals surface area (Å²) in [4.78, 5) is 17.1. The van der Waals surface area contributed by atoms with Crippen molar-refractivity contribution < 1.29 is 4.79 Å². The fourth-order valence-electron chi connectivity index (χ4n) is 3.68. The molecule has 3 heteroatoms. The quantitative estimate of drug-likeness (QED) is 0.784. The molecule has 1 aliphatic carbocycles. The summed E-state index contributed by atoms with van der Waals surface area (Å²) in [6.07, 6.45) is 8.88. The van der Waals surface area contributed by atoms with Crippen molar-refractivity contribution in [3.05, 3.63) is 0 Å². The number of carbonyl (C=O) groups is 1. The molecule has 0 aromatic carbocycles. The Morgan fingerprint density at radius 3 is 2.47 bits per heavy atom. The molecule has 1 heterocycles. The predicted molar refractivity (Wildman–Crippen MR) is 79.1 cm³/mol. The van der Waals surface area contributed by atoms with E-state index in [9.17, 15) is 4.79 Å². The number of nitrogens with zero attached hydrogens (tertiary/aromatic N) is 2. The summed E-state index contributed by atoms with van der Waals surface area (Å²) in [5.74, 6) is 1.07. The number of amides is 1. The van der Waals surface area contributed by atoms with Crippen LogP contribution >= 0.6 is 0 Å². The second-order valence-corrected chi connectivity index (χ2v) is 6.66. The average Bonchev–Trinajstić information content (AvgIpc) is 2.46. The second-order valence-electron chi connectivity index (χ2n) is 6.66. The van der Waals surface area contributed by atoms with Crippen molar-refractivity contribution in [2.75, 3.05) is 20.1 Å². The zero-order valence-electron chi connectivity index (χ0n) is 12.9. The third-order valence-electron chi connectivity index (χ3n) is 5.06. The Morgan fingerprint density at radius 2 is 1.84 bits per heavy atom. The summed E-state index contributed by atoms with van der Waals surface area (Å²) in [5.41, 5.74) is 0. The van der Waals surface area contributed by atoms with Gasteiger partial charge in [-0.1, -0.05) is 26.2 Å². The maximum atomic E-state index is 12.6. The highest BCUT2D eigenvalue weighted by molar-refractivity contribution is 5.81. The highest BCUT2D eigenvalue weighted by atomic mass is 16.2. The van der Waals surface area contributed by atoms with Gasteiger partial charge in [0.25, 0.3) is 0 Å². The van der Waals surface area contributed by atoms with E-state index < -0.39 is 0 Å². The molecule has 0 bridgehead atoms. The molecule has 1 saturated heterocycles. The van der Waals surface area contributed by atoms with Crippen LogP contribution in [0.1, 0.15) is 58.8 Å². The summed E-state index contributed by atoms with van der Waals surface area (Å²) in [6.45, 7) is 6.58. The van der Waals surface area contributed by atoms with Crippen molar-refractivity contribution >= 4 is 5.91 Å². The normalized spacial score (nSPS) is 28.1. The lowest BCUT2D eigenvalue weighted by molar-refractivity contribution is -0.138. The molecule has 0 radical (unpaired) electrons. The van der Waals surface area contributed by atoms with Crippen LogP contribution in [0.25, 0.3) is 0 Å². The number of likely N-dealkylation sites (N-methyl/N-ethyl adjacent to an activating group) is 1. The molecule has 1 aliphatic heterocycles. The van der Waals surface area contributed by atoms with Crippen LogP contribution in [0.4, 0.5) is 0 Å². The van der Waals surface area contributed by atoms with E-state index in [1.807, 2.05) is 11.9 Å². The van der Waals surface area contributed by atoms with E-state index >= 15 is 0 Å². The first-order valence-electron chi connectivity index (χ1n) is 8.10. The first-order chi connectivity index (χ1) is 9.09. The molecule has 1 amide bonds. The average molecular weight is 266 g/mol. The van der Waals surface area contributed by atoms with Crippen molar-refractivity contribution in [1.82, 2.24) is 9.80 Å². The molecule has 2 atom stereocenters. The lowest BCUT2D eigenvalue weighted by Gasteiger charge is -2.39. The highest BCUT2D eigenvalue weighted by Crippen LogP contribution is 2.24. The van der Waals surface area contributed by atoms with Gasteiger partial charge in [-0.2, -0.15) is 0 Å². The Bertz CT molecular complexity index is 299. The van der Waals surface area contributed by atoms with Crippen molar-refractivity contribution in [2.45, 2.75) is 70.9 Å². The van der Waals surface area contributed by atoms with Gasteiger partial charge in [0.2, 0.25) is 5.91 Å². The molecular formula is C16H30N2O. The van der Waals surface area contributed by atoms with Gasteiger partial charge in [0.05, 0.1) is 6.04 Å². The smallest absolute Gasteiger partial charge is 0.239 e. The molecule has 19 heavy (non-hydrogen) atoms. The second kappa shape index (κ2) is 6.74. The fourth-order valence-corrected chi connectivity index (χ4v) is 3.68. The number of rotatable bonds is 3. The summed E-state index contributed by atoms with van der Waals surface area (Å²) in [6, 6.07) is 0.556. The Labute approximate surface area is 118 Å². The fraction of sp³-hybridized carbons (Fsp3) is 0.938. The number of carbonyl (C=O) groups excluding carboxylic acids is 1. The molecule has 3 nitrogen and oxygen atoms in total. The molecular weight excluding hydrogens is 236 g/mol. The molecule has 2 unspecified atom stereocenters. The number of piperidine rings is 1. The van der Waals surface area contributed by atoms with E-state index in [0.29, 0.717) is 11.9 Å². The highest BCUT2D eigenvalue weighted by Gasteiger charge is 2.30. The van der Waals surface area contributed by atoms with Gasteiger partial charge in [0.1, 0.15) is 0 Å². The Morgan fingerprint density at radius 1 is 1.16 bits per heavy atom.